The number of aromatic nitrogens is 1. The van der Waals surface area contributed by atoms with Crippen LogP contribution in [0.1, 0.15) is 0 Å². The molecular formula is C48H29NO. The Kier molecular flexibility index (Phi) is 5.70. The molecule has 232 valence electrons. The summed E-state index contributed by atoms with van der Waals surface area (Å²) in [4.78, 5) is 0. The first-order chi connectivity index (χ1) is 24.8. The lowest BCUT2D eigenvalue weighted by Crippen LogP contribution is -1.95. The second-order valence-corrected chi connectivity index (χ2v) is 13.3. The Bertz CT molecular complexity index is 3130. The van der Waals surface area contributed by atoms with Crippen molar-refractivity contribution in [1.29, 1.82) is 0 Å². The zero-order valence-corrected chi connectivity index (χ0v) is 27.1. The molecule has 0 fully saturated rings. The van der Waals surface area contributed by atoms with E-state index in [1.807, 2.05) is 6.07 Å². The number of nitrogens with zero attached hydrogens (tertiary/aromatic N) is 1. The van der Waals surface area contributed by atoms with Crippen LogP contribution in [0.3, 0.4) is 0 Å². The van der Waals surface area contributed by atoms with Gasteiger partial charge in [0, 0.05) is 27.2 Å². The van der Waals surface area contributed by atoms with Gasteiger partial charge in [0.1, 0.15) is 11.2 Å². The first kappa shape index (κ1) is 27.3. The standard InChI is InChI=1S/C48H29NO/c1-3-12-30(13-4-1)32-16-11-17-34(24-32)49-45-23-22-33(31-14-5-2-6-15-31)25-42(45)43-26-38-35-18-7-8-19-36(35)39-27-44-37-20-9-10-21-47(37)50-48(44)29-41(39)40(38)28-46(43)49/h1-29H. The molecule has 11 aromatic rings. The molecule has 50 heavy (non-hydrogen) atoms. The highest BCUT2D eigenvalue weighted by molar-refractivity contribution is 6.31. The lowest BCUT2D eigenvalue weighted by atomic mass is 9.92. The summed E-state index contributed by atoms with van der Waals surface area (Å²) in [6.07, 6.45) is 0. The van der Waals surface area contributed by atoms with Gasteiger partial charge in [-0.05, 0) is 109 Å². The van der Waals surface area contributed by atoms with Crippen LogP contribution in [-0.4, -0.2) is 4.57 Å². The van der Waals surface area contributed by atoms with E-state index in [0.717, 1.165) is 27.6 Å². The van der Waals surface area contributed by atoms with Gasteiger partial charge in [-0.15, -0.1) is 0 Å². The Balaban J connectivity index is 1.29. The number of benzene rings is 9. The summed E-state index contributed by atoms with van der Waals surface area (Å²) in [5.74, 6) is 0. The molecule has 0 atom stereocenters. The van der Waals surface area contributed by atoms with Crippen molar-refractivity contribution >= 4 is 76.1 Å². The summed E-state index contributed by atoms with van der Waals surface area (Å²) in [6, 6.07) is 63.9. The number of fused-ring (bicyclic) bond motifs is 12. The molecule has 0 saturated heterocycles. The van der Waals surface area contributed by atoms with Crippen LogP contribution < -0.4 is 0 Å². The Hall–Kier alpha value is -6.64. The van der Waals surface area contributed by atoms with Crippen LogP contribution >= 0.6 is 0 Å². The van der Waals surface area contributed by atoms with Gasteiger partial charge in [0.25, 0.3) is 0 Å². The molecule has 0 aliphatic heterocycles. The highest BCUT2D eigenvalue weighted by atomic mass is 16.3. The van der Waals surface area contributed by atoms with Crippen molar-refractivity contribution in [2.75, 3.05) is 0 Å². The Morgan fingerprint density at radius 3 is 1.58 bits per heavy atom. The fraction of sp³-hybridized carbons (Fsp3) is 0. The van der Waals surface area contributed by atoms with Crippen molar-refractivity contribution in [2.24, 2.45) is 0 Å². The van der Waals surface area contributed by atoms with Gasteiger partial charge >= 0.3 is 0 Å². The average molecular weight is 636 g/mol. The molecule has 2 heteroatoms. The van der Waals surface area contributed by atoms with Crippen LogP contribution in [0.4, 0.5) is 0 Å². The maximum absolute atomic E-state index is 6.46. The molecule has 0 N–H and O–H groups in total. The Labute approximate surface area is 288 Å². The lowest BCUT2D eigenvalue weighted by Gasteiger charge is -2.13. The number of hydrogen-bond acceptors (Lipinski definition) is 1. The van der Waals surface area contributed by atoms with E-state index in [-0.39, 0.29) is 0 Å². The van der Waals surface area contributed by atoms with E-state index in [1.165, 1.54) is 76.4 Å². The molecule has 2 aromatic heterocycles. The van der Waals surface area contributed by atoms with E-state index < -0.39 is 0 Å². The van der Waals surface area contributed by atoms with E-state index in [2.05, 4.69) is 174 Å². The predicted molar refractivity (Wildman–Crippen MR) is 211 cm³/mol. The van der Waals surface area contributed by atoms with E-state index >= 15 is 0 Å². The molecule has 0 radical (unpaired) electrons. The van der Waals surface area contributed by atoms with Gasteiger partial charge in [0.05, 0.1) is 11.0 Å². The van der Waals surface area contributed by atoms with Crippen LogP contribution in [0.15, 0.2) is 180 Å². The summed E-state index contributed by atoms with van der Waals surface area (Å²) in [5.41, 5.74) is 10.2. The second-order valence-electron chi connectivity index (χ2n) is 13.3. The van der Waals surface area contributed by atoms with Gasteiger partial charge in [-0.25, -0.2) is 0 Å². The number of para-hydroxylation sites is 1. The summed E-state index contributed by atoms with van der Waals surface area (Å²) in [6.45, 7) is 0. The molecule has 0 aliphatic carbocycles. The quantitative estimate of drug-likeness (QED) is 0.177. The summed E-state index contributed by atoms with van der Waals surface area (Å²) in [7, 11) is 0. The second kappa shape index (κ2) is 10.4. The van der Waals surface area contributed by atoms with Gasteiger partial charge in [0.2, 0.25) is 0 Å². The van der Waals surface area contributed by atoms with E-state index in [0.29, 0.717) is 0 Å². The van der Waals surface area contributed by atoms with Crippen LogP contribution in [0.2, 0.25) is 0 Å². The highest BCUT2D eigenvalue weighted by Crippen LogP contribution is 2.44. The summed E-state index contributed by atoms with van der Waals surface area (Å²) < 4.78 is 8.91. The molecule has 2 heterocycles. The third-order valence-corrected chi connectivity index (χ3v) is 10.5. The first-order valence-electron chi connectivity index (χ1n) is 17.2. The summed E-state index contributed by atoms with van der Waals surface area (Å²) >= 11 is 0. The fourth-order valence-corrected chi connectivity index (χ4v) is 8.22. The molecule has 0 unspecified atom stereocenters. The van der Waals surface area contributed by atoms with Gasteiger partial charge in [-0.3, -0.25) is 0 Å². The van der Waals surface area contributed by atoms with E-state index in [4.69, 9.17) is 4.42 Å². The van der Waals surface area contributed by atoms with Gasteiger partial charge in [-0.1, -0.05) is 121 Å². The smallest absolute Gasteiger partial charge is 0.136 e. The fourth-order valence-electron chi connectivity index (χ4n) is 8.22. The van der Waals surface area contributed by atoms with Gasteiger partial charge in [0.15, 0.2) is 0 Å². The molecule has 0 amide bonds. The maximum Gasteiger partial charge on any atom is 0.136 e. The lowest BCUT2D eigenvalue weighted by molar-refractivity contribution is 0.669. The van der Waals surface area contributed by atoms with E-state index in [9.17, 15) is 0 Å². The number of rotatable bonds is 3. The zero-order chi connectivity index (χ0) is 32.8. The molecule has 0 saturated carbocycles. The normalized spacial score (nSPS) is 12.0. The minimum atomic E-state index is 0.916. The SMILES string of the molecule is c1ccc(-c2cccc(-n3c4ccc(-c5ccccc5)cc4c4cc5c6ccccc6c6cc7c(cc6c5cc43)oc3ccccc37)c2)cc1. The summed E-state index contributed by atoms with van der Waals surface area (Å²) in [5, 5.41) is 12.2. The topological polar surface area (TPSA) is 18.1 Å². The molecule has 2 nitrogen and oxygen atoms in total. The third kappa shape index (κ3) is 3.96. The number of furan rings is 1. The largest absolute Gasteiger partial charge is 0.456 e. The molecular weight excluding hydrogens is 607 g/mol. The monoisotopic (exact) mass is 635 g/mol. The third-order valence-electron chi connectivity index (χ3n) is 10.5. The maximum atomic E-state index is 6.46. The van der Waals surface area contributed by atoms with Crippen LogP contribution in [0.25, 0.3) is 104 Å². The van der Waals surface area contributed by atoms with Crippen molar-refractivity contribution in [3.8, 4) is 27.9 Å². The van der Waals surface area contributed by atoms with Crippen molar-refractivity contribution in [1.82, 2.24) is 4.57 Å². The first-order valence-corrected chi connectivity index (χ1v) is 17.2. The van der Waals surface area contributed by atoms with Crippen LogP contribution in [0.5, 0.6) is 0 Å². The highest BCUT2D eigenvalue weighted by Gasteiger charge is 2.19. The van der Waals surface area contributed by atoms with Crippen LogP contribution in [0, 0.1) is 0 Å². The van der Waals surface area contributed by atoms with E-state index in [1.54, 1.807) is 0 Å². The zero-order valence-electron chi connectivity index (χ0n) is 27.1. The van der Waals surface area contributed by atoms with Gasteiger partial charge in [-0.2, -0.15) is 0 Å². The Morgan fingerprint density at radius 2 is 0.840 bits per heavy atom. The van der Waals surface area contributed by atoms with Crippen molar-refractivity contribution in [3.05, 3.63) is 176 Å². The van der Waals surface area contributed by atoms with Crippen LogP contribution in [-0.2, 0) is 0 Å². The van der Waals surface area contributed by atoms with Crippen molar-refractivity contribution < 1.29 is 4.42 Å². The van der Waals surface area contributed by atoms with Crippen molar-refractivity contribution in [3.63, 3.8) is 0 Å². The molecule has 9 aromatic carbocycles. The van der Waals surface area contributed by atoms with Gasteiger partial charge < -0.3 is 8.98 Å². The molecule has 0 aliphatic rings. The van der Waals surface area contributed by atoms with Crippen molar-refractivity contribution in [2.45, 2.75) is 0 Å². The Morgan fingerprint density at radius 1 is 0.280 bits per heavy atom. The molecule has 0 bridgehead atoms. The minimum absolute atomic E-state index is 0.916. The number of hydrogen-bond donors (Lipinski definition) is 0. The predicted octanol–water partition coefficient (Wildman–Crippen LogP) is 13.5. The average Bonchev–Trinajstić information content (AvgIpc) is 3.71. The molecule has 0 spiro atoms. The molecule has 11 rings (SSSR count). The minimum Gasteiger partial charge on any atom is -0.456 e.